The first kappa shape index (κ1) is 22.7. The van der Waals surface area contributed by atoms with Gasteiger partial charge in [0.2, 0.25) is 11.8 Å². The average molecular weight is 395 g/mol. The third-order valence-electron chi connectivity index (χ3n) is 5.13. The summed E-state index contributed by atoms with van der Waals surface area (Å²) in [6.07, 6.45) is 2.85. The minimum Gasteiger partial charge on any atom is -0.354 e. The Balaban J connectivity index is 2.23. The first-order chi connectivity index (χ1) is 13.9. The van der Waals surface area contributed by atoms with Crippen molar-refractivity contribution in [1.82, 2.24) is 10.2 Å². The standard InChI is InChI=1S/C25H34N2O2/c1-5-7-15-26-25(29)23(6-2)27(18-21-13-11-19(3)12-14-21)24(28)17-22-10-8-9-20(4)16-22/h8-14,16,23H,5-7,15,17-18H2,1-4H3,(H,26,29)/t23-/m1/s1. The van der Waals surface area contributed by atoms with E-state index in [4.69, 9.17) is 0 Å². The van der Waals surface area contributed by atoms with Crippen molar-refractivity contribution in [2.75, 3.05) is 6.54 Å². The van der Waals surface area contributed by atoms with E-state index in [0.717, 1.165) is 29.5 Å². The molecule has 0 heterocycles. The molecule has 0 saturated heterocycles. The van der Waals surface area contributed by atoms with E-state index in [1.165, 1.54) is 5.56 Å². The summed E-state index contributed by atoms with van der Waals surface area (Å²) in [6, 6.07) is 15.7. The second-order valence-corrected chi connectivity index (χ2v) is 7.74. The van der Waals surface area contributed by atoms with E-state index in [0.29, 0.717) is 25.9 Å². The number of nitrogens with zero attached hydrogens (tertiary/aromatic N) is 1. The number of benzene rings is 2. The van der Waals surface area contributed by atoms with Crippen LogP contribution in [0.15, 0.2) is 48.5 Å². The van der Waals surface area contributed by atoms with Gasteiger partial charge in [-0.05, 0) is 37.8 Å². The molecule has 1 N–H and O–H groups in total. The fraction of sp³-hybridized carbons (Fsp3) is 0.440. The number of amides is 2. The summed E-state index contributed by atoms with van der Waals surface area (Å²) in [7, 11) is 0. The number of unbranched alkanes of at least 4 members (excludes halogenated alkanes) is 1. The highest BCUT2D eigenvalue weighted by Gasteiger charge is 2.28. The van der Waals surface area contributed by atoms with Gasteiger partial charge in [-0.2, -0.15) is 0 Å². The minimum absolute atomic E-state index is 0.0198. The summed E-state index contributed by atoms with van der Waals surface area (Å²) in [4.78, 5) is 27.9. The summed E-state index contributed by atoms with van der Waals surface area (Å²) in [6.45, 7) is 9.21. The molecule has 2 aromatic rings. The molecule has 0 aromatic heterocycles. The quantitative estimate of drug-likeness (QED) is 0.600. The number of carbonyl (C=O) groups excluding carboxylic acids is 2. The van der Waals surface area contributed by atoms with E-state index in [-0.39, 0.29) is 11.8 Å². The molecule has 2 amide bonds. The molecule has 4 heteroatoms. The Hall–Kier alpha value is -2.62. The lowest BCUT2D eigenvalue weighted by molar-refractivity contribution is -0.140. The van der Waals surface area contributed by atoms with Crippen LogP contribution in [-0.2, 0) is 22.6 Å². The Morgan fingerprint density at radius 2 is 1.69 bits per heavy atom. The third-order valence-corrected chi connectivity index (χ3v) is 5.13. The third kappa shape index (κ3) is 7.04. The van der Waals surface area contributed by atoms with Crippen LogP contribution in [0.1, 0.15) is 55.4 Å². The number of carbonyl (C=O) groups is 2. The lowest BCUT2D eigenvalue weighted by Crippen LogP contribution is -2.49. The summed E-state index contributed by atoms with van der Waals surface area (Å²) in [5.41, 5.74) is 4.32. The van der Waals surface area contributed by atoms with Crippen molar-refractivity contribution in [3.63, 3.8) is 0 Å². The van der Waals surface area contributed by atoms with E-state index >= 15 is 0 Å². The summed E-state index contributed by atoms with van der Waals surface area (Å²) < 4.78 is 0. The monoisotopic (exact) mass is 394 g/mol. The first-order valence-corrected chi connectivity index (χ1v) is 10.6. The predicted octanol–water partition coefficient (Wildman–Crippen LogP) is 4.57. The van der Waals surface area contributed by atoms with Gasteiger partial charge in [-0.25, -0.2) is 0 Å². The van der Waals surface area contributed by atoms with Crippen LogP contribution >= 0.6 is 0 Å². The molecule has 0 aliphatic carbocycles. The Kier molecular flexibility index (Phi) is 8.91. The molecule has 156 valence electrons. The number of rotatable bonds is 10. The fourth-order valence-electron chi connectivity index (χ4n) is 3.41. The SMILES string of the molecule is CCCCNC(=O)[C@@H](CC)N(Cc1ccc(C)cc1)C(=O)Cc1cccc(C)c1. The van der Waals surface area contributed by atoms with Crippen molar-refractivity contribution in [3.05, 3.63) is 70.8 Å². The van der Waals surface area contributed by atoms with Crippen LogP contribution in [0.4, 0.5) is 0 Å². The van der Waals surface area contributed by atoms with E-state index < -0.39 is 6.04 Å². The van der Waals surface area contributed by atoms with Gasteiger partial charge >= 0.3 is 0 Å². The molecule has 0 spiro atoms. The molecule has 2 rings (SSSR count). The van der Waals surface area contributed by atoms with Crippen molar-refractivity contribution in [2.45, 2.75) is 66.0 Å². The van der Waals surface area contributed by atoms with Gasteiger partial charge in [-0.3, -0.25) is 9.59 Å². The highest BCUT2D eigenvalue weighted by atomic mass is 16.2. The van der Waals surface area contributed by atoms with E-state index in [1.807, 2.05) is 69.3 Å². The van der Waals surface area contributed by atoms with Crippen LogP contribution in [0.3, 0.4) is 0 Å². The molecule has 0 radical (unpaired) electrons. The highest BCUT2D eigenvalue weighted by molar-refractivity contribution is 5.88. The second kappa shape index (κ2) is 11.4. The lowest BCUT2D eigenvalue weighted by atomic mass is 10.0. The number of hydrogen-bond acceptors (Lipinski definition) is 2. The zero-order valence-electron chi connectivity index (χ0n) is 18.2. The van der Waals surface area contributed by atoms with Gasteiger partial charge in [0.25, 0.3) is 0 Å². The maximum atomic E-state index is 13.3. The summed E-state index contributed by atoms with van der Waals surface area (Å²) >= 11 is 0. The molecule has 29 heavy (non-hydrogen) atoms. The number of aryl methyl sites for hydroxylation is 2. The van der Waals surface area contributed by atoms with Gasteiger partial charge in [-0.15, -0.1) is 0 Å². The Morgan fingerprint density at radius 1 is 0.966 bits per heavy atom. The molecule has 0 saturated carbocycles. The average Bonchev–Trinajstić information content (AvgIpc) is 2.69. The smallest absolute Gasteiger partial charge is 0.242 e. The maximum absolute atomic E-state index is 13.3. The van der Waals surface area contributed by atoms with Crippen LogP contribution in [0, 0.1) is 13.8 Å². The molecule has 0 fully saturated rings. The van der Waals surface area contributed by atoms with Crippen LogP contribution in [0.5, 0.6) is 0 Å². The molecule has 0 aliphatic rings. The molecular formula is C25H34N2O2. The van der Waals surface area contributed by atoms with Crippen molar-refractivity contribution >= 4 is 11.8 Å². The maximum Gasteiger partial charge on any atom is 0.242 e. The van der Waals surface area contributed by atoms with Crippen molar-refractivity contribution < 1.29 is 9.59 Å². The molecule has 1 atom stereocenters. The first-order valence-electron chi connectivity index (χ1n) is 10.6. The highest BCUT2D eigenvalue weighted by Crippen LogP contribution is 2.16. The van der Waals surface area contributed by atoms with Crippen molar-refractivity contribution in [3.8, 4) is 0 Å². The van der Waals surface area contributed by atoms with Gasteiger partial charge in [-0.1, -0.05) is 79.9 Å². The van der Waals surface area contributed by atoms with Gasteiger partial charge in [0.15, 0.2) is 0 Å². The molecule has 0 bridgehead atoms. The summed E-state index contributed by atoms with van der Waals surface area (Å²) in [5.74, 6) is -0.0840. The Morgan fingerprint density at radius 3 is 2.31 bits per heavy atom. The second-order valence-electron chi connectivity index (χ2n) is 7.74. The fourth-order valence-corrected chi connectivity index (χ4v) is 3.41. The molecule has 2 aromatic carbocycles. The van der Waals surface area contributed by atoms with E-state index in [9.17, 15) is 9.59 Å². The van der Waals surface area contributed by atoms with Gasteiger partial charge in [0.1, 0.15) is 6.04 Å². The molecular weight excluding hydrogens is 360 g/mol. The Bertz CT molecular complexity index is 799. The van der Waals surface area contributed by atoms with E-state index in [1.54, 1.807) is 4.90 Å². The number of nitrogens with one attached hydrogen (secondary N) is 1. The number of hydrogen-bond donors (Lipinski definition) is 1. The predicted molar refractivity (Wildman–Crippen MR) is 119 cm³/mol. The van der Waals surface area contributed by atoms with Gasteiger partial charge in [0, 0.05) is 13.1 Å². The zero-order chi connectivity index (χ0) is 21.2. The summed E-state index contributed by atoms with van der Waals surface area (Å²) in [5, 5.41) is 3.00. The zero-order valence-corrected chi connectivity index (χ0v) is 18.2. The Labute approximate surface area is 175 Å². The molecule has 0 aliphatic heterocycles. The van der Waals surface area contributed by atoms with Crippen molar-refractivity contribution in [1.29, 1.82) is 0 Å². The van der Waals surface area contributed by atoms with Crippen LogP contribution in [0.25, 0.3) is 0 Å². The van der Waals surface area contributed by atoms with Crippen LogP contribution in [-0.4, -0.2) is 29.3 Å². The van der Waals surface area contributed by atoms with Crippen LogP contribution < -0.4 is 5.32 Å². The normalized spacial score (nSPS) is 11.7. The van der Waals surface area contributed by atoms with Crippen LogP contribution in [0.2, 0.25) is 0 Å². The van der Waals surface area contributed by atoms with Gasteiger partial charge < -0.3 is 10.2 Å². The minimum atomic E-state index is -0.467. The van der Waals surface area contributed by atoms with Gasteiger partial charge in [0.05, 0.1) is 6.42 Å². The molecule has 0 unspecified atom stereocenters. The lowest BCUT2D eigenvalue weighted by Gasteiger charge is -2.31. The van der Waals surface area contributed by atoms with E-state index in [2.05, 4.69) is 12.2 Å². The molecule has 4 nitrogen and oxygen atoms in total. The largest absolute Gasteiger partial charge is 0.354 e. The van der Waals surface area contributed by atoms with Crippen molar-refractivity contribution in [2.24, 2.45) is 0 Å². The topological polar surface area (TPSA) is 49.4 Å².